The molecule has 4 nitrogen and oxygen atoms in total. The van der Waals surface area contributed by atoms with Crippen LogP contribution in [0, 0.1) is 6.92 Å². The van der Waals surface area contributed by atoms with Crippen molar-refractivity contribution in [1.29, 1.82) is 0 Å². The van der Waals surface area contributed by atoms with E-state index >= 15 is 0 Å². The van der Waals surface area contributed by atoms with Gasteiger partial charge in [-0.25, -0.2) is 13.4 Å². The highest BCUT2D eigenvalue weighted by molar-refractivity contribution is 7.91. The Morgan fingerprint density at radius 3 is 2.80 bits per heavy atom. The molecule has 0 radical (unpaired) electrons. The fourth-order valence-corrected chi connectivity index (χ4v) is 2.56. The molecule has 0 aliphatic heterocycles. The molecule has 1 aromatic heterocycles. The minimum Gasteiger partial charge on any atom is -0.311 e. The fraction of sp³-hybridized carbons (Fsp3) is 0.667. The third-order valence-electron chi connectivity index (χ3n) is 2.16. The predicted octanol–water partition coefficient (Wildman–Crippen LogP) is 0.976. The fourth-order valence-electron chi connectivity index (χ4n) is 1.07. The average molecular weight is 248 g/mol. The SMILES string of the molecule is CCS(=O)(=O)CCNCc1scnc1C. The third-order valence-corrected chi connectivity index (χ3v) is 4.80. The van der Waals surface area contributed by atoms with Crippen LogP contribution in [0.25, 0.3) is 0 Å². The summed E-state index contributed by atoms with van der Waals surface area (Å²) in [5, 5.41) is 3.11. The molecule has 1 heterocycles. The van der Waals surface area contributed by atoms with Crippen molar-refractivity contribution in [1.82, 2.24) is 10.3 Å². The Balaban J connectivity index is 2.26. The average Bonchev–Trinajstić information content (AvgIpc) is 2.59. The zero-order valence-electron chi connectivity index (χ0n) is 8.99. The lowest BCUT2D eigenvalue weighted by atomic mass is 10.4. The molecule has 0 saturated carbocycles. The van der Waals surface area contributed by atoms with Gasteiger partial charge in [-0.05, 0) is 6.92 Å². The van der Waals surface area contributed by atoms with Crippen LogP contribution < -0.4 is 5.32 Å². The van der Waals surface area contributed by atoms with Crippen LogP contribution in [0.3, 0.4) is 0 Å². The lowest BCUT2D eigenvalue weighted by molar-refractivity contribution is 0.592. The minimum absolute atomic E-state index is 0.210. The maximum atomic E-state index is 11.2. The van der Waals surface area contributed by atoms with Gasteiger partial charge in [0.05, 0.1) is 17.0 Å². The molecule has 0 unspecified atom stereocenters. The largest absolute Gasteiger partial charge is 0.311 e. The second-order valence-electron chi connectivity index (χ2n) is 3.27. The highest BCUT2D eigenvalue weighted by Gasteiger charge is 2.06. The lowest BCUT2D eigenvalue weighted by Crippen LogP contribution is -2.23. The van der Waals surface area contributed by atoms with Gasteiger partial charge in [0.2, 0.25) is 0 Å². The van der Waals surface area contributed by atoms with Crippen LogP contribution in [-0.2, 0) is 16.4 Å². The quantitative estimate of drug-likeness (QED) is 0.762. The van der Waals surface area contributed by atoms with Gasteiger partial charge in [0.1, 0.15) is 0 Å². The Kier molecular flexibility index (Phi) is 4.69. The Morgan fingerprint density at radius 1 is 1.53 bits per heavy atom. The van der Waals surface area contributed by atoms with Gasteiger partial charge in [0.15, 0.2) is 9.84 Å². The summed E-state index contributed by atoms with van der Waals surface area (Å²) in [6.07, 6.45) is 0. The van der Waals surface area contributed by atoms with E-state index in [1.807, 2.05) is 6.92 Å². The topological polar surface area (TPSA) is 59.1 Å². The molecule has 0 aromatic carbocycles. The van der Waals surface area contributed by atoms with Gasteiger partial charge in [-0.3, -0.25) is 0 Å². The van der Waals surface area contributed by atoms with Gasteiger partial charge in [-0.2, -0.15) is 0 Å². The van der Waals surface area contributed by atoms with Gasteiger partial charge < -0.3 is 5.32 Å². The Labute approximate surface area is 94.7 Å². The smallest absolute Gasteiger partial charge is 0.151 e. The first-order valence-corrected chi connectivity index (χ1v) is 7.55. The summed E-state index contributed by atoms with van der Waals surface area (Å²) in [6.45, 7) is 4.84. The molecular formula is C9H16N2O2S2. The monoisotopic (exact) mass is 248 g/mol. The van der Waals surface area contributed by atoms with Gasteiger partial charge in [0, 0.05) is 23.7 Å². The summed E-state index contributed by atoms with van der Waals surface area (Å²) in [6, 6.07) is 0. The maximum Gasteiger partial charge on any atom is 0.151 e. The molecule has 0 spiro atoms. The van der Waals surface area contributed by atoms with Gasteiger partial charge >= 0.3 is 0 Å². The Hall–Kier alpha value is -0.460. The van der Waals surface area contributed by atoms with Crippen molar-refractivity contribution < 1.29 is 8.42 Å². The van der Waals surface area contributed by atoms with Crippen LogP contribution >= 0.6 is 11.3 Å². The van der Waals surface area contributed by atoms with Crippen LogP contribution in [0.2, 0.25) is 0 Å². The molecule has 0 aliphatic carbocycles. The Morgan fingerprint density at radius 2 is 2.27 bits per heavy atom. The van der Waals surface area contributed by atoms with Crippen molar-refractivity contribution in [3.05, 3.63) is 16.1 Å². The van der Waals surface area contributed by atoms with E-state index in [1.54, 1.807) is 23.8 Å². The number of thiazole rings is 1. The molecule has 86 valence electrons. The lowest BCUT2D eigenvalue weighted by Gasteiger charge is -2.03. The van der Waals surface area contributed by atoms with Crippen LogP contribution in [0.15, 0.2) is 5.51 Å². The zero-order chi connectivity index (χ0) is 11.3. The molecule has 1 N–H and O–H groups in total. The molecule has 0 atom stereocenters. The highest BCUT2D eigenvalue weighted by Crippen LogP contribution is 2.10. The van der Waals surface area contributed by atoms with E-state index in [9.17, 15) is 8.42 Å². The highest BCUT2D eigenvalue weighted by atomic mass is 32.2. The minimum atomic E-state index is -2.85. The summed E-state index contributed by atoms with van der Waals surface area (Å²) in [5.74, 6) is 0.426. The summed E-state index contributed by atoms with van der Waals surface area (Å²) < 4.78 is 22.4. The number of nitrogens with zero attached hydrogens (tertiary/aromatic N) is 1. The molecule has 1 rings (SSSR count). The first-order chi connectivity index (χ1) is 7.05. The van der Waals surface area contributed by atoms with Crippen molar-refractivity contribution in [2.24, 2.45) is 0 Å². The summed E-state index contributed by atoms with van der Waals surface area (Å²) in [4.78, 5) is 5.29. The summed E-state index contributed by atoms with van der Waals surface area (Å²) >= 11 is 1.59. The molecule has 0 amide bonds. The van der Waals surface area contributed by atoms with Gasteiger partial charge in [-0.1, -0.05) is 6.92 Å². The van der Waals surface area contributed by atoms with Gasteiger partial charge in [-0.15, -0.1) is 11.3 Å². The van der Waals surface area contributed by atoms with E-state index in [4.69, 9.17) is 0 Å². The second kappa shape index (κ2) is 5.58. The molecule has 1 aromatic rings. The normalized spacial score (nSPS) is 11.9. The number of aromatic nitrogens is 1. The standard InChI is InChI=1S/C9H16N2O2S2/c1-3-15(12,13)5-4-10-6-9-8(2)11-7-14-9/h7,10H,3-6H2,1-2H3. The molecule has 0 aliphatic rings. The maximum absolute atomic E-state index is 11.2. The van der Waals surface area contributed by atoms with Crippen molar-refractivity contribution in [2.45, 2.75) is 20.4 Å². The molecule has 0 bridgehead atoms. The molecule has 0 saturated heterocycles. The van der Waals surface area contributed by atoms with Crippen molar-refractivity contribution in [2.75, 3.05) is 18.1 Å². The van der Waals surface area contributed by atoms with Crippen LogP contribution in [-0.4, -0.2) is 31.5 Å². The molecule has 0 fully saturated rings. The third kappa shape index (κ3) is 4.27. The zero-order valence-corrected chi connectivity index (χ0v) is 10.6. The predicted molar refractivity (Wildman–Crippen MR) is 62.9 cm³/mol. The summed E-state index contributed by atoms with van der Waals surface area (Å²) in [7, 11) is -2.85. The number of sulfone groups is 1. The Bertz CT molecular complexity index is 398. The summed E-state index contributed by atoms with van der Waals surface area (Å²) in [5.41, 5.74) is 2.82. The van der Waals surface area contributed by atoms with E-state index in [1.165, 1.54) is 4.88 Å². The van der Waals surface area contributed by atoms with Crippen molar-refractivity contribution in [3.8, 4) is 0 Å². The molecule has 6 heteroatoms. The van der Waals surface area contributed by atoms with E-state index < -0.39 is 9.84 Å². The number of hydrogen-bond donors (Lipinski definition) is 1. The van der Waals surface area contributed by atoms with Crippen LogP contribution in [0.1, 0.15) is 17.5 Å². The van der Waals surface area contributed by atoms with Crippen LogP contribution in [0.4, 0.5) is 0 Å². The van der Waals surface area contributed by atoms with Crippen molar-refractivity contribution >= 4 is 21.2 Å². The van der Waals surface area contributed by atoms with Crippen LogP contribution in [0.5, 0.6) is 0 Å². The molecule has 15 heavy (non-hydrogen) atoms. The van der Waals surface area contributed by atoms with Gasteiger partial charge in [0.25, 0.3) is 0 Å². The second-order valence-corrected chi connectivity index (χ2v) is 6.69. The van der Waals surface area contributed by atoms with E-state index in [-0.39, 0.29) is 11.5 Å². The van der Waals surface area contributed by atoms with Crippen molar-refractivity contribution in [3.63, 3.8) is 0 Å². The first kappa shape index (κ1) is 12.6. The number of hydrogen-bond acceptors (Lipinski definition) is 5. The first-order valence-electron chi connectivity index (χ1n) is 4.85. The molecular weight excluding hydrogens is 232 g/mol. The van der Waals surface area contributed by atoms with E-state index in [0.717, 1.165) is 5.69 Å². The van der Waals surface area contributed by atoms with E-state index in [0.29, 0.717) is 13.1 Å². The number of rotatable bonds is 6. The van der Waals surface area contributed by atoms with E-state index in [2.05, 4.69) is 10.3 Å². The number of aryl methyl sites for hydroxylation is 1. The number of nitrogens with one attached hydrogen (secondary N) is 1.